The van der Waals surface area contributed by atoms with Crippen LogP contribution in [0.5, 0.6) is 0 Å². The number of rotatable bonds is 3. The Hall–Kier alpha value is -2.28. The number of halogens is 2. The third-order valence-electron chi connectivity index (χ3n) is 2.80. The Kier molecular flexibility index (Phi) is 4.32. The molecule has 7 heteroatoms. The van der Waals surface area contributed by atoms with Crippen LogP contribution in [0.15, 0.2) is 40.9 Å². The van der Waals surface area contributed by atoms with Crippen LogP contribution in [0.3, 0.4) is 0 Å². The molecule has 108 valence electrons. The Morgan fingerprint density at radius 2 is 2.00 bits per heavy atom. The minimum Gasteiger partial charge on any atom is -0.322 e. The van der Waals surface area contributed by atoms with Gasteiger partial charge in [-0.1, -0.05) is 22.0 Å². The highest BCUT2D eigenvalue weighted by atomic mass is 79.9. The van der Waals surface area contributed by atoms with Crippen LogP contribution in [0.2, 0.25) is 0 Å². The van der Waals surface area contributed by atoms with E-state index in [4.69, 9.17) is 0 Å². The number of nitrogens with zero attached hydrogens (tertiary/aromatic N) is 1. The van der Waals surface area contributed by atoms with E-state index in [9.17, 15) is 19.3 Å². The zero-order chi connectivity index (χ0) is 15.6. The summed E-state index contributed by atoms with van der Waals surface area (Å²) in [4.78, 5) is 22.1. The second kappa shape index (κ2) is 6.01. The predicted molar refractivity (Wildman–Crippen MR) is 79.9 cm³/mol. The van der Waals surface area contributed by atoms with Gasteiger partial charge in [-0.2, -0.15) is 0 Å². The second-order valence-electron chi connectivity index (χ2n) is 4.37. The molecule has 1 amide bonds. The summed E-state index contributed by atoms with van der Waals surface area (Å²) in [7, 11) is 0. The lowest BCUT2D eigenvalue weighted by atomic mass is 10.1. The summed E-state index contributed by atoms with van der Waals surface area (Å²) in [6.07, 6.45) is 0. The van der Waals surface area contributed by atoms with Gasteiger partial charge >= 0.3 is 0 Å². The van der Waals surface area contributed by atoms with Crippen LogP contribution in [-0.4, -0.2) is 10.8 Å². The van der Waals surface area contributed by atoms with E-state index in [1.807, 2.05) is 0 Å². The molecular formula is C14H10BrFN2O3. The van der Waals surface area contributed by atoms with Crippen LogP contribution in [0, 0.1) is 22.9 Å². The van der Waals surface area contributed by atoms with Gasteiger partial charge in [0.15, 0.2) is 0 Å². The summed E-state index contributed by atoms with van der Waals surface area (Å²) in [6.45, 7) is 1.76. The average molecular weight is 353 g/mol. The van der Waals surface area contributed by atoms with Crippen LogP contribution in [0.4, 0.5) is 15.8 Å². The van der Waals surface area contributed by atoms with Crippen molar-refractivity contribution in [3.05, 3.63) is 67.9 Å². The summed E-state index contributed by atoms with van der Waals surface area (Å²) in [5.41, 5.74) is 0.750. The smallest absolute Gasteiger partial charge is 0.274 e. The van der Waals surface area contributed by atoms with Crippen LogP contribution >= 0.6 is 15.9 Å². The van der Waals surface area contributed by atoms with Crippen molar-refractivity contribution >= 4 is 33.2 Å². The van der Waals surface area contributed by atoms with Gasteiger partial charge in [0.2, 0.25) is 0 Å². The van der Waals surface area contributed by atoms with Gasteiger partial charge in [0.1, 0.15) is 5.82 Å². The lowest BCUT2D eigenvalue weighted by Crippen LogP contribution is -2.13. The molecule has 0 aromatic heterocycles. The van der Waals surface area contributed by atoms with E-state index >= 15 is 0 Å². The summed E-state index contributed by atoms with van der Waals surface area (Å²) in [5.74, 6) is -1.25. The average Bonchev–Trinajstić information content (AvgIpc) is 2.40. The van der Waals surface area contributed by atoms with Crippen molar-refractivity contribution in [3.8, 4) is 0 Å². The topological polar surface area (TPSA) is 72.2 Å². The monoisotopic (exact) mass is 352 g/mol. The molecule has 0 unspecified atom stereocenters. The SMILES string of the molecule is Cc1ccc(Br)cc1C(=O)Nc1cc(F)cc([N+](=O)[O-])c1. The van der Waals surface area contributed by atoms with E-state index in [0.717, 1.165) is 28.2 Å². The first kappa shape index (κ1) is 15.1. The number of aryl methyl sites for hydroxylation is 1. The minimum absolute atomic E-state index is 0.0334. The minimum atomic E-state index is -0.787. The van der Waals surface area contributed by atoms with E-state index in [-0.39, 0.29) is 5.69 Å². The first-order chi connectivity index (χ1) is 9.86. The second-order valence-corrected chi connectivity index (χ2v) is 5.28. The van der Waals surface area contributed by atoms with Crippen LogP contribution < -0.4 is 5.32 Å². The molecule has 0 radical (unpaired) electrons. The fourth-order valence-electron chi connectivity index (χ4n) is 1.79. The fraction of sp³-hybridized carbons (Fsp3) is 0.0714. The van der Waals surface area contributed by atoms with Crippen molar-refractivity contribution in [2.24, 2.45) is 0 Å². The van der Waals surface area contributed by atoms with Crippen LogP contribution in [0.25, 0.3) is 0 Å². The number of hydrogen-bond acceptors (Lipinski definition) is 3. The van der Waals surface area contributed by atoms with E-state index < -0.39 is 22.3 Å². The maximum atomic E-state index is 13.3. The molecule has 0 saturated heterocycles. The number of amides is 1. The van der Waals surface area contributed by atoms with E-state index in [1.54, 1.807) is 25.1 Å². The molecule has 5 nitrogen and oxygen atoms in total. The number of non-ortho nitro benzene ring substituents is 1. The largest absolute Gasteiger partial charge is 0.322 e. The number of anilines is 1. The molecule has 2 aromatic carbocycles. The normalized spacial score (nSPS) is 10.2. The van der Waals surface area contributed by atoms with Gasteiger partial charge in [0.25, 0.3) is 11.6 Å². The van der Waals surface area contributed by atoms with Gasteiger partial charge in [-0.15, -0.1) is 0 Å². The van der Waals surface area contributed by atoms with Crippen molar-refractivity contribution < 1.29 is 14.1 Å². The standard InChI is InChI=1S/C14H10BrFN2O3/c1-8-2-3-9(15)4-13(8)14(19)17-11-5-10(16)6-12(7-11)18(20)21/h2-7H,1H3,(H,17,19). The molecule has 0 aliphatic rings. The highest BCUT2D eigenvalue weighted by Crippen LogP contribution is 2.22. The number of benzene rings is 2. The lowest BCUT2D eigenvalue weighted by molar-refractivity contribution is -0.385. The third kappa shape index (κ3) is 3.63. The van der Waals surface area contributed by atoms with Gasteiger partial charge in [-0.05, 0) is 30.7 Å². The van der Waals surface area contributed by atoms with Crippen molar-refractivity contribution in [3.63, 3.8) is 0 Å². The molecule has 0 atom stereocenters. The van der Waals surface area contributed by atoms with Crippen molar-refractivity contribution in [1.29, 1.82) is 0 Å². The third-order valence-corrected chi connectivity index (χ3v) is 3.29. The van der Waals surface area contributed by atoms with E-state index in [1.165, 1.54) is 0 Å². The molecule has 2 aromatic rings. The molecule has 0 spiro atoms. The summed E-state index contributed by atoms with van der Waals surface area (Å²) < 4.78 is 14.0. The van der Waals surface area contributed by atoms with Gasteiger partial charge in [0, 0.05) is 16.1 Å². The van der Waals surface area contributed by atoms with E-state index in [2.05, 4.69) is 21.2 Å². The number of nitro benzene ring substituents is 1. The lowest BCUT2D eigenvalue weighted by Gasteiger charge is -2.08. The number of carbonyl (C=O) groups is 1. The quantitative estimate of drug-likeness (QED) is 0.668. The fourth-order valence-corrected chi connectivity index (χ4v) is 2.15. The Balaban J connectivity index is 2.31. The molecule has 0 aliphatic carbocycles. The summed E-state index contributed by atoms with van der Waals surface area (Å²) in [5, 5.41) is 13.1. The molecule has 0 aliphatic heterocycles. The molecule has 21 heavy (non-hydrogen) atoms. The molecule has 0 fully saturated rings. The maximum absolute atomic E-state index is 13.3. The molecule has 0 bridgehead atoms. The first-order valence-electron chi connectivity index (χ1n) is 5.89. The molecule has 1 N–H and O–H groups in total. The summed E-state index contributed by atoms with van der Waals surface area (Å²) in [6, 6.07) is 8.09. The number of nitrogens with one attached hydrogen (secondary N) is 1. The Labute approximate surface area is 128 Å². The zero-order valence-corrected chi connectivity index (χ0v) is 12.5. The highest BCUT2D eigenvalue weighted by Gasteiger charge is 2.14. The predicted octanol–water partition coefficient (Wildman–Crippen LogP) is 4.06. The molecular weight excluding hydrogens is 343 g/mol. The van der Waals surface area contributed by atoms with Crippen molar-refractivity contribution in [1.82, 2.24) is 0 Å². The Bertz CT molecular complexity index is 734. The number of nitro groups is 1. The Morgan fingerprint density at radius 1 is 1.29 bits per heavy atom. The highest BCUT2D eigenvalue weighted by molar-refractivity contribution is 9.10. The number of hydrogen-bond donors (Lipinski definition) is 1. The molecule has 0 heterocycles. The number of carbonyl (C=O) groups excluding carboxylic acids is 1. The van der Waals surface area contributed by atoms with Gasteiger partial charge in [-0.25, -0.2) is 4.39 Å². The maximum Gasteiger partial charge on any atom is 0.274 e. The van der Waals surface area contributed by atoms with Gasteiger partial charge in [-0.3, -0.25) is 14.9 Å². The summed E-state index contributed by atoms with van der Waals surface area (Å²) >= 11 is 3.26. The van der Waals surface area contributed by atoms with Gasteiger partial charge < -0.3 is 5.32 Å². The van der Waals surface area contributed by atoms with Crippen molar-refractivity contribution in [2.45, 2.75) is 6.92 Å². The van der Waals surface area contributed by atoms with Gasteiger partial charge in [0.05, 0.1) is 16.7 Å². The first-order valence-corrected chi connectivity index (χ1v) is 6.68. The van der Waals surface area contributed by atoms with Crippen LogP contribution in [0.1, 0.15) is 15.9 Å². The van der Waals surface area contributed by atoms with Crippen molar-refractivity contribution in [2.75, 3.05) is 5.32 Å². The molecule has 2 rings (SSSR count). The molecule has 0 saturated carbocycles. The van der Waals surface area contributed by atoms with Crippen LogP contribution in [-0.2, 0) is 0 Å². The Morgan fingerprint density at radius 3 is 2.67 bits per heavy atom. The zero-order valence-electron chi connectivity index (χ0n) is 10.9. The van der Waals surface area contributed by atoms with E-state index in [0.29, 0.717) is 5.56 Å².